The molecular weight excluding hydrogens is 298 g/mol. The van der Waals surface area contributed by atoms with E-state index in [1.54, 1.807) is 0 Å². The second-order valence-corrected chi connectivity index (χ2v) is 7.70. The number of thioether (sulfide) groups is 1. The first-order valence-corrected chi connectivity index (χ1v) is 8.79. The normalized spacial score (nSPS) is 33.3. The van der Waals surface area contributed by atoms with Crippen LogP contribution in [0.5, 0.6) is 0 Å². The zero-order valence-electron chi connectivity index (χ0n) is 10.6. The minimum atomic E-state index is -0.114. The monoisotopic (exact) mass is 319 g/mol. The van der Waals surface area contributed by atoms with Crippen molar-refractivity contribution >= 4 is 33.6 Å². The molecule has 0 N–H and O–H groups in total. The van der Waals surface area contributed by atoms with Crippen LogP contribution < -0.4 is 0 Å². The Morgan fingerprint density at radius 1 is 1.53 bits per heavy atom. The van der Waals surface area contributed by atoms with Gasteiger partial charge in [-0.2, -0.15) is 0 Å². The summed E-state index contributed by atoms with van der Waals surface area (Å²) in [4.78, 5) is 14.8. The number of carbonyl (C=O) groups is 1. The molecule has 2 saturated heterocycles. The number of carbonyl (C=O) groups excluding carboxylic acids is 1. The van der Waals surface area contributed by atoms with Gasteiger partial charge in [0.15, 0.2) is 0 Å². The van der Waals surface area contributed by atoms with Gasteiger partial charge in [0.25, 0.3) is 0 Å². The van der Waals surface area contributed by atoms with E-state index in [4.69, 9.17) is 0 Å². The highest BCUT2D eigenvalue weighted by molar-refractivity contribution is 9.09. The maximum absolute atomic E-state index is 12.6. The second-order valence-electron chi connectivity index (χ2n) is 5.31. The third-order valence-electron chi connectivity index (χ3n) is 3.98. The summed E-state index contributed by atoms with van der Waals surface area (Å²) >= 11 is 5.35. The Bertz CT molecular complexity index is 279. The molecule has 2 unspecified atom stereocenters. The molecule has 0 aliphatic carbocycles. The molecule has 0 aromatic heterocycles. The minimum Gasteiger partial charge on any atom is -0.339 e. The number of halogens is 1. The molecule has 0 radical (unpaired) electrons. The van der Waals surface area contributed by atoms with Crippen LogP contribution in [-0.4, -0.2) is 39.2 Å². The predicted octanol–water partition coefficient (Wildman–Crippen LogP) is 3.44. The van der Waals surface area contributed by atoms with Crippen molar-refractivity contribution in [3.63, 3.8) is 0 Å². The lowest BCUT2D eigenvalue weighted by Crippen LogP contribution is -2.46. The molecule has 2 aliphatic heterocycles. The van der Waals surface area contributed by atoms with Gasteiger partial charge < -0.3 is 4.90 Å². The summed E-state index contributed by atoms with van der Waals surface area (Å²) in [5.74, 6) is 1.57. The standard InChI is InChI=1S/C13H22BrNOS/c1-13(7-4-10-17-13)12(16)15-9-3-6-11(15)5-2-8-14/h11H,2-10H2,1H3. The molecule has 0 saturated carbocycles. The van der Waals surface area contributed by atoms with Gasteiger partial charge in [0.2, 0.25) is 5.91 Å². The maximum Gasteiger partial charge on any atom is 0.238 e. The third kappa shape index (κ3) is 3.01. The number of nitrogens with zero attached hydrogens (tertiary/aromatic N) is 1. The van der Waals surface area contributed by atoms with Crippen LogP contribution in [0.3, 0.4) is 0 Å². The fourth-order valence-corrected chi connectivity index (χ4v) is 4.56. The van der Waals surface area contributed by atoms with Gasteiger partial charge in [0, 0.05) is 17.9 Å². The van der Waals surface area contributed by atoms with Crippen molar-refractivity contribution in [3.8, 4) is 0 Å². The Kier molecular flexibility index (Phi) is 4.81. The van der Waals surface area contributed by atoms with Crippen LogP contribution in [0, 0.1) is 0 Å². The molecule has 1 amide bonds. The lowest BCUT2D eigenvalue weighted by molar-refractivity contribution is -0.134. The van der Waals surface area contributed by atoms with Crippen LogP contribution in [0.25, 0.3) is 0 Å². The smallest absolute Gasteiger partial charge is 0.238 e. The van der Waals surface area contributed by atoms with Gasteiger partial charge in [-0.05, 0) is 51.2 Å². The van der Waals surface area contributed by atoms with Gasteiger partial charge in [-0.1, -0.05) is 15.9 Å². The summed E-state index contributed by atoms with van der Waals surface area (Å²) in [6, 6.07) is 0.512. The minimum absolute atomic E-state index is 0.114. The molecule has 0 aromatic carbocycles. The maximum atomic E-state index is 12.6. The summed E-state index contributed by atoms with van der Waals surface area (Å²) in [5, 5.41) is 1.05. The van der Waals surface area contributed by atoms with Crippen LogP contribution in [0.2, 0.25) is 0 Å². The van der Waals surface area contributed by atoms with Gasteiger partial charge in [-0.3, -0.25) is 4.79 Å². The molecule has 17 heavy (non-hydrogen) atoms. The number of likely N-dealkylation sites (tertiary alicyclic amines) is 1. The van der Waals surface area contributed by atoms with Crippen molar-refractivity contribution in [1.82, 2.24) is 4.90 Å². The predicted molar refractivity (Wildman–Crippen MR) is 77.9 cm³/mol. The first-order valence-electron chi connectivity index (χ1n) is 6.68. The van der Waals surface area contributed by atoms with Gasteiger partial charge in [-0.15, -0.1) is 11.8 Å². The Morgan fingerprint density at radius 3 is 3.00 bits per heavy atom. The molecule has 2 heterocycles. The summed E-state index contributed by atoms with van der Waals surface area (Å²) in [7, 11) is 0. The van der Waals surface area contributed by atoms with Gasteiger partial charge in [-0.25, -0.2) is 0 Å². The van der Waals surface area contributed by atoms with Crippen LogP contribution in [0.15, 0.2) is 0 Å². The highest BCUT2D eigenvalue weighted by Gasteiger charge is 2.42. The van der Waals surface area contributed by atoms with E-state index in [2.05, 4.69) is 27.8 Å². The molecule has 2 fully saturated rings. The Morgan fingerprint density at radius 2 is 2.35 bits per heavy atom. The average Bonchev–Trinajstić information content (AvgIpc) is 2.95. The van der Waals surface area contributed by atoms with Crippen molar-refractivity contribution in [2.45, 2.75) is 56.2 Å². The first-order chi connectivity index (χ1) is 8.17. The zero-order chi connectivity index (χ0) is 12.3. The lowest BCUT2D eigenvalue weighted by Gasteiger charge is -2.32. The molecule has 2 rings (SSSR count). The average molecular weight is 320 g/mol. The fraction of sp³-hybridized carbons (Fsp3) is 0.923. The van der Waals surface area contributed by atoms with Gasteiger partial charge in [0.05, 0.1) is 4.75 Å². The Labute approximate surface area is 117 Å². The highest BCUT2D eigenvalue weighted by Crippen LogP contribution is 2.40. The fourth-order valence-electron chi connectivity index (χ4n) is 2.97. The van der Waals surface area contributed by atoms with Crippen molar-refractivity contribution in [1.29, 1.82) is 0 Å². The van der Waals surface area contributed by atoms with Crippen molar-refractivity contribution in [2.75, 3.05) is 17.6 Å². The van der Waals surface area contributed by atoms with Crippen LogP contribution in [0.4, 0.5) is 0 Å². The molecule has 2 atom stereocenters. The van der Waals surface area contributed by atoms with E-state index in [-0.39, 0.29) is 4.75 Å². The molecule has 0 bridgehead atoms. The largest absolute Gasteiger partial charge is 0.339 e. The van der Waals surface area contributed by atoms with E-state index in [9.17, 15) is 4.79 Å². The molecule has 98 valence electrons. The second kappa shape index (κ2) is 5.96. The molecule has 0 aromatic rings. The van der Waals surface area contributed by atoms with Crippen molar-refractivity contribution in [3.05, 3.63) is 0 Å². The van der Waals surface area contributed by atoms with E-state index >= 15 is 0 Å². The number of amides is 1. The summed E-state index contributed by atoms with van der Waals surface area (Å²) < 4.78 is -0.114. The zero-order valence-corrected chi connectivity index (χ0v) is 13.0. The number of alkyl halides is 1. The third-order valence-corrected chi connectivity index (χ3v) is 6.05. The quantitative estimate of drug-likeness (QED) is 0.740. The van der Waals surface area contributed by atoms with Crippen molar-refractivity contribution < 1.29 is 4.79 Å². The Balaban J connectivity index is 1.97. The summed E-state index contributed by atoms with van der Waals surface area (Å²) in [5.41, 5.74) is 0. The molecule has 2 nitrogen and oxygen atoms in total. The van der Waals surface area contributed by atoms with E-state index in [1.165, 1.54) is 25.7 Å². The number of rotatable bonds is 4. The van der Waals surface area contributed by atoms with Crippen molar-refractivity contribution in [2.24, 2.45) is 0 Å². The van der Waals surface area contributed by atoms with E-state index in [0.29, 0.717) is 11.9 Å². The van der Waals surface area contributed by atoms with Crippen LogP contribution in [-0.2, 0) is 4.79 Å². The summed E-state index contributed by atoms with van der Waals surface area (Å²) in [6.07, 6.45) is 7.01. The van der Waals surface area contributed by atoms with E-state index in [0.717, 1.165) is 30.5 Å². The van der Waals surface area contributed by atoms with Crippen LogP contribution in [0.1, 0.15) is 45.4 Å². The molecule has 0 spiro atoms. The van der Waals surface area contributed by atoms with E-state index < -0.39 is 0 Å². The first kappa shape index (κ1) is 13.7. The van der Waals surface area contributed by atoms with Gasteiger partial charge in [0.1, 0.15) is 0 Å². The topological polar surface area (TPSA) is 20.3 Å². The number of hydrogen-bond acceptors (Lipinski definition) is 2. The van der Waals surface area contributed by atoms with Crippen LogP contribution >= 0.6 is 27.7 Å². The highest BCUT2D eigenvalue weighted by atomic mass is 79.9. The molecular formula is C13H22BrNOS. The summed E-state index contributed by atoms with van der Waals surface area (Å²) in [6.45, 7) is 3.13. The molecule has 2 aliphatic rings. The Hall–Kier alpha value is 0.300. The van der Waals surface area contributed by atoms with E-state index in [1.807, 2.05) is 11.8 Å². The lowest BCUT2D eigenvalue weighted by atomic mass is 10.0. The molecule has 4 heteroatoms. The SMILES string of the molecule is CC1(C(=O)N2CCCC2CCCBr)CCCS1. The van der Waals surface area contributed by atoms with Gasteiger partial charge >= 0.3 is 0 Å². The number of hydrogen-bond donors (Lipinski definition) is 0.